The Balaban J connectivity index is -0.0000000800. The zero-order valence-corrected chi connectivity index (χ0v) is 11.1. The summed E-state index contributed by atoms with van der Waals surface area (Å²) in [5.41, 5.74) is 0. The summed E-state index contributed by atoms with van der Waals surface area (Å²) in [6.07, 6.45) is 0. The van der Waals surface area contributed by atoms with Gasteiger partial charge in [-0.1, -0.05) is 0 Å². The van der Waals surface area contributed by atoms with Crippen molar-refractivity contribution in [1.29, 1.82) is 0 Å². The molecule has 0 aromatic heterocycles. The van der Waals surface area contributed by atoms with Gasteiger partial charge in [-0.2, -0.15) is 0 Å². The van der Waals surface area contributed by atoms with E-state index in [0.29, 0.717) is 3.43 Å². The van der Waals surface area contributed by atoms with Gasteiger partial charge in [0.05, 0.1) is 0 Å². The second-order valence-corrected chi connectivity index (χ2v) is 6.53. The molecule has 3 heteroatoms. The molecule has 0 saturated heterocycles. The first-order valence-electron chi connectivity index (χ1n) is 1.75. The quantitative estimate of drug-likeness (QED) is 0.596. The average Bonchev–Trinajstić information content (AvgIpc) is 0.722. The summed E-state index contributed by atoms with van der Waals surface area (Å²) >= 11 is 1.62. The van der Waals surface area contributed by atoms with Gasteiger partial charge in [0.1, 0.15) is 0 Å². The van der Waals surface area contributed by atoms with Gasteiger partial charge < -0.3 is 0 Å². The Kier molecular flexibility index (Phi) is 13.4. The first-order chi connectivity index (χ1) is 2.00. The SMILES string of the molecule is Br.Br.C[C](C)(C)[Sn]. The minimum absolute atomic E-state index is 0. The van der Waals surface area contributed by atoms with Gasteiger partial charge in [0.25, 0.3) is 0 Å². The van der Waals surface area contributed by atoms with Crippen LogP contribution in [0.3, 0.4) is 0 Å². The zero-order chi connectivity index (χ0) is 4.50. The van der Waals surface area contributed by atoms with Crippen molar-refractivity contribution in [2.24, 2.45) is 0 Å². The molecule has 45 valence electrons. The van der Waals surface area contributed by atoms with Gasteiger partial charge in [-0.15, -0.1) is 34.0 Å². The van der Waals surface area contributed by atoms with Gasteiger partial charge in [-0.05, 0) is 0 Å². The van der Waals surface area contributed by atoms with Crippen LogP contribution in [0.1, 0.15) is 20.8 Å². The van der Waals surface area contributed by atoms with Gasteiger partial charge in [0, 0.05) is 0 Å². The van der Waals surface area contributed by atoms with E-state index in [1.807, 2.05) is 0 Å². The summed E-state index contributed by atoms with van der Waals surface area (Å²) in [7, 11) is 0. The molecule has 0 spiro atoms. The normalized spacial score (nSPS) is 8.57. The standard InChI is InChI=1S/C4H9.2BrH.Sn/c1-4(2)3;;;/h1-3H3;2*1H;. The average molecular weight is 338 g/mol. The molecule has 0 aliphatic carbocycles. The van der Waals surface area contributed by atoms with E-state index < -0.39 is 0 Å². The van der Waals surface area contributed by atoms with Crippen molar-refractivity contribution in [2.75, 3.05) is 0 Å². The summed E-state index contributed by atoms with van der Waals surface area (Å²) in [5.74, 6) is 0. The number of hydrogen-bond donors (Lipinski definition) is 0. The molecule has 7 heavy (non-hydrogen) atoms. The van der Waals surface area contributed by atoms with Crippen LogP contribution < -0.4 is 0 Å². The predicted molar refractivity (Wildman–Crippen MR) is 46.1 cm³/mol. The van der Waals surface area contributed by atoms with Crippen LogP contribution in [0.2, 0.25) is 3.43 Å². The molecule has 0 amide bonds. The molecule has 0 rings (SSSR count). The van der Waals surface area contributed by atoms with Gasteiger partial charge in [0.2, 0.25) is 0 Å². The van der Waals surface area contributed by atoms with Crippen LogP contribution in [-0.2, 0) is 0 Å². The van der Waals surface area contributed by atoms with E-state index in [0.717, 1.165) is 0 Å². The maximum atomic E-state index is 2.23. The Morgan fingerprint density at radius 2 is 1.00 bits per heavy atom. The topological polar surface area (TPSA) is 0 Å². The fourth-order valence-electron chi connectivity index (χ4n) is 0. The molecule has 0 aromatic rings. The van der Waals surface area contributed by atoms with Gasteiger partial charge in [0.15, 0.2) is 0 Å². The van der Waals surface area contributed by atoms with Crippen LogP contribution >= 0.6 is 34.0 Å². The molecule has 0 saturated carbocycles. The summed E-state index contributed by atoms with van der Waals surface area (Å²) in [4.78, 5) is 0. The second kappa shape index (κ2) is 5.89. The van der Waals surface area contributed by atoms with E-state index in [1.54, 1.807) is 22.5 Å². The van der Waals surface area contributed by atoms with Crippen LogP contribution in [0.25, 0.3) is 0 Å². The van der Waals surface area contributed by atoms with E-state index in [4.69, 9.17) is 0 Å². The third-order valence-electron chi connectivity index (χ3n) is 0. The third kappa shape index (κ3) is 83.2. The van der Waals surface area contributed by atoms with E-state index in [2.05, 4.69) is 20.8 Å². The van der Waals surface area contributed by atoms with Crippen molar-refractivity contribution in [3.05, 3.63) is 0 Å². The van der Waals surface area contributed by atoms with E-state index in [-0.39, 0.29) is 34.0 Å². The van der Waals surface area contributed by atoms with Crippen molar-refractivity contribution in [3.63, 3.8) is 0 Å². The van der Waals surface area contributed by atoms with Crippen molar-refractivity contribution in [2.45, 2.75) is 24.2 Å². The fourth-order valence-corrected chi connectivity index (χ4v) is 0. The molecule has 0 unspecified atom stereocenters. The van der Waals surface area contributed by atoms with E-state index in [1.165, 1.54) is 0 Å². The molecule has 0 nitrogen and oxygen atoms in total. The molecule has 0 fully saturated rings. The van der Waals surface area contributed by atoms with Crippen LogP contribution in [0.4, 0.5) is 0 Å². The zero-order valence-electron chi connectivity index (χ0n) is 4.82. The molecule has 0 bridgehead atoms. The summed E-state index contributed by atoms with van der Waals surface area (Å²) in [5, 5.41) is 0. The molecule has 3 radical (unpaired) electrons. The first-order valence-corrected chi connectivity index (χ1v) is 3.18. The van der Waals surface area contributed by atoms with Crippen LogP contribution in [0.15, 0.2) is 0 Å². The van der Waals surface area contributed by atoms with Crippen LogP contribution in [-0.4, -0.2) is 22.5 Å². The maximum absolute atomic E-state index is 2.23. The van der Waals surface area contributed by atoms with Crippen molar-refractivity contribution >= 4 is 56.5 Å². The fraction of sp³-hybridized carbons (Fsp3) is 1.00. The molecule has 0 aliphatic rings. The Labute approximate surface area is 80.1 Å². The Morgan fingerprint density at radius 3 is 1.00 bits per heavy atom. The summed E-state index contributed by atoms with van der Waals surface area (Å²) < 4.78 is 0.590. The minimum atomic E-state index is 0. The summed E-state index contributed by atoms with van der Waals surface area (Å²) in [6.45, 7) is 6.68. The number of hydrogen-bond acceptors (Lipinski definition) is 0. The summed E-state index contributed by atoms with van der Waals surface area (Å²) in [6, 6.07) is 0. The number of rotatable bonds is 0. The van der Waals surface area contributed by atoms with Gasteiger partial charge in [-0.3, -0.25) is 0 Å². The Hall–Kier alpha value is 1.76. The van der Waals surface area contributed by atoms with Gasteiger partial charge in [-0.25, -0.2) is 0 Å². The molecule has 0 heterocycles. The van der Waals surface area contributed by atoms with Crippen LogP contribution in [0.5, 0.6) is 0 Å². The Morgan fingerprint density at radius 1 is 1.00 bits per heavy atom. The van der Waals surface area contributed by atoms with Crippen molar-refractivity contribution in [3.8, 4) is 0 Å². The first kappa shape index (κ1) is 15.9. The van der Waals surface area contributed by atoms with E-state index in [9.17, 15) is 0 Å². The molecule has 0 atom stereocenters. The van der Waals surface area contributed by atoms with E-state index >= 15 is 0 Å². The Bertz CT molecular complexity index is 25.2. The van der Waals surface area contributed by atoms with Gasteiger partial charge >= 0.3 is 46.7 Å². The third-order valence-corrected chi connectivity index (χ3v) is 0. The molecule has 0 aliphatic heterocycles. The predicted octanol–water partition coefficient (Wildman–Crippen LogP) is 2.53. The molecule has 0 N–H and O–H groups in total. The second-order valence-electron chi connectivity index (χ2n) is 2.25. The van der Waals surface area contributed by atoms with Crippen molar-refractivity contribution < 1.29 is 0 Å². The monoisotopic (exact) mass is 337 g/mol. The molecule has 0 aromatic carbocycles. The molecular formula is C4H11Br2Sn. The molecular weight excluding hydrogens is 327 g/mol. The van der Waals surface area contributed by atoms with Crippen LogP contribution in [0, 0.1) is 0 Å². The van der Waals surface area contributed by atoms with Crippen molar-refractivity contribution in [1.82, 2.24) is 0 Å². The number of halogens is 2.